The summed E-state index contributed by atoms with van der Waals surface area (Å²) in [5, 5.41) is 27.2. The van der Waals surface area contributed by atoms with E-state index in [0.717, 1.165) is 6.42 Å². The first-order valence-electron chi connectivity index (χ1n) is 7.11. The number of nitrogens with zero attached hydrogens (tertiary/aromatic N) is 5. The van der Waals surface area contributed by atoms with Gasteiger partial charge in [0.15, 0.2) is 0 Å². The van der Waals surface area contributed by atoms with Gasteiger partial charge in [-0.05, 0) is 31.0 Å². The molecule has 3 rings (SSSR count). The number of rotatable bonds is 3. The second-order valence-corrected chi connectivity index (χ2v) is 5.63. The van der Waals surface area contributed by atoms with Crippen molar-refractivity contribution in [3.8, 4) is 6.07 Å². The lowest BCUT2D eigenvalue weighted by atomic mass is 9.92. The van der Waals surface area contributed by atoms with E-state index in [4.69, 9.17) is 5.26 Å². The van der Waals surface area contributed by atoms with Gasteiger partial charge in [0.1, 0.15) is 11.4 Å². The van der Waals surface area contributed by atoms with E-state index in [-0.39, 0.29) is 5.56 Å². The largest absolute Gasteiger partial charge is 0.386 e. The fourth-order valence-corrected chi connectivity index (χ4v) is 2.90. The van der Waals surface area contributed by atoms with Crippen LogP contribution >= 0.6 is 0 Å². The number of halogens is 1. The number of hydrogen-bond donors (Lipinski definition) is 1. The predicted molar refractivity (Wildman–Crippen MR) is 77.5 cm³/mol. The van der Waals surface area contributed by atoms with Crippen molar-refractivity contribution in [1.29, 1.82) is 5.26 Å². The maximum atomic E-state index is 14.1. The van der Waals surface area contributed by atoms with Crippen LogP contribution in [0.5, 0.6) is 0 Å². The first-order valence-corrected chi connectivity index (χ1v) is 7.11. The Morgan fingerprint density at radius 2 is 2.32 bits per heavy atom. The van der Waals surface area contributed by atoms with Gasteiger partial charge in [-0.2, -0.15) is 5.26 Å². The van der Waals surface area contributed by atoms with E-state index in [0.29, 0.717) is 31.7 Å². The van der Waals surface area contributed by atoms with E-state index in [1.54, 1.807) is 29.2 Å². The van der Waals surface area contributed by atoms with Crippen molar-refractivity contribution in [3.63, 3.8) is 0 Å². The lowest BCUT2D eigenvalue weighted by Crippen LogP contribution is -2.51. The molecule has 7 heteroatoms. The highest BCUT2D eigenvalue weighted by Crippen LogP contribution is 2.29. The molecule has 22 heavy (non-hydrogen) atoms. The summed E-state index contributed by atoms with van der Waals surface area (Å²) in [5.74, 6) is -0.441. The SMILES string of the molecule is N#Cc1ccc(N2CCCC(O)(Cn3ccnn3)C2)c(F)c1. The minimum absolute atomic E-state index is 0.288. The van der Waals surface area contributed by atoms with Crippen LogP contribution < -0.4 is 4.90 Å². The highest BCUT2D eigenvalue weighted by molar-refractivity contribution is 5.51. The van der Waals surface area contributed by atoms with Crippen LogP contribution in [0.25, 0.3) is 0 Å². The van der Waals surface area contributed by atoms with Crippen molar-refractivity contribution < 1.29 is 9.50 Å². The third-order valence-electron chi connectivity index (χ3n) is 3.90. The molecule has 1 aromatic carbocycles. The maximum absolute atomic E-state index is 14.1. The number of benzene rings is 1. The lowest BCUT2D eigenvalue weighted by Gasteiger charge is -2.40. The molecule has 2 aromatic rings. The van der Waals surface area contributed by atoms with Crippen molar-refractivity contribution in [2.75, 3.05) is 18.0 Å². The number of hydrogen-bond acceptors (Lipinski definition) is 5. The van der Waals surface area contributed by atoms with Crippen LogP contribution in [0, 0.1) is 17.1 Å². The summed E-state index contributed by atoms with van der Waals surface area (Å²) in [6, 6.07) is 6.32. The van der Waals surface area contributed by atoms with Crippen LogP contribution in [0.3, 0.4) is 0 Å². The Kier molecular flexibility index (Phi) is 3.77. The molecule has 114 valence electrons. The molecule has 1 N–H and O–H groups in total. The Morgan fingerprint density at radius 1 is 1.45 bits per heavy atom. The summed E-state index contributed by atoms with van der Waals surface area (Å²) in [6.45, 7) is 1.31. The van der Waals surface area contributed by atoms with Crippen molar-refractivity contribution >= 4 is 5.69 Å². The molecule has 1 fully saturated rings. The molecule has 1 aliphatic rings. The van der Waals surface area contributed by atoms with E-state index in [9.17, 15) is 9.50 Å². The van der Waals surface area contributed by atoms with Gasteiger partial charge in [0.2, 0.25) is 0 Å². The summed E-state index contributed by atoms with van der Waals surface area (Å²) in [6.07, 6.45) is 4.63. The second-order valence-electron chi connectivity index (χ2n) is 5.63. The second kappa shape index (κ2) is 5.73. The molecular formula is C15H16FN5O. The first-order chi connectivity index (χ1) is 10.6. The molecule has 0 spiro atoms. The topological polar surface area (TPSA) is 78.0 Å². The van der Waals surface area contributed by atoms with Gasteiger partial charge in [-0.1, -0.05) is 5.21 Å². The lowest BCUT2D eigenvalue weighted by molar-refractivity contribution is 0.00591. The Hall–Kier alpha value is -2.46. The zero-order chi connectivity index (χ0) is 15.6. The zero-order valence-electron chi connectivity index (χ0n) is 12.0. The molecule has 0 aliphatic carbocycles. The quantitative estimate of drug-likeness (QED) is 0.925. The Balaban J connectivity index is 1.79. The molecule has 1 saturated heterocycles. The number of aliphatic hydroxyl groups is 1. The van der Waals surface area contributed by atoms with Crippen molar-refractivity contribution in [2.24, 2.45) is 0 Å². The Bertz CT molecular complexity index is 696. The molecule has 1 atom stereocenters. The standard InChI is InChI=1S/C15H16FN5O/c16-13-8-12(9-17)2-3-14(13)20-6-1-4-15(22,10-20)11-21-7-5-18-19-21/h2-3,5,7-8,22H,1,4,6,10-11H2. The van der Waals surface area contributed by atoms with Crippen LogP contribution in [0.4, 0.5) is 10.1 Å². The predicted octanol–water partition coefficient (Wildman–Crippen LogP) is 1.32. The molecule has 0 amide bonds. The van der Waals surface area contributed by atoms with E-state index < -0.39 is 11.4 Å². The highest BCUT2D eigenvalue weighted by Gasteiger charge is 2.34. The van der Waals surface area contributed by atoms with Gasteiger partial charge >= 0.3 is 0 Å². The average molecular weight is 301 g/mol. The normalized spacial score (nSPS) is 21.6. The van der Waals surface area contributed by atoms with Crippen molar-refractivity contribution in [2.45, 2.75) is 25.0 Å². The minimum Gasteiger partial charge on any atom is -0.386 e. The highest BCUT2D eigenvalue weighted by atomic mass is 19.1. The Labute approximate surface area is 127 Å². The maximum Gasteiger partial charge on any atom is 0.147 e. The van der Waals surface area contributed by atoms with E-state index in [2.05, 4.69) is 10.3 Å². The zero-order valence-corrected chi connectivity index (χ0v) is 12.0. The summed E-state index contributed by atoms with van der Waals surface area (Å²) < 4.78 is 15.7. The molecule has 6 nitrogen and oxygen atoms in total. The summed E-state index contributed by atoms with van der Waals surface area (Å²) in [4.78, 5) is 1.82. The molecule has 1 aliphatic heterocycles. The molecule has 1 aromatic heterocycles. The van der Waals surface area contributed by atoms with Gasteiger partial charge in [-0.3, -0.25) is 0 Å². The minimum atomic E-state index is -0.980. The summed E-state index contributed by atoms with van der Waals surface area (Å²) in [5.41, 5.74) is -0.279. The van der Waals surface area contributed by atoms with Crippen LogP contribution in [0.15, 0.2) is 30.6 Å². The fourth-order valence-electron chi connectivity index (χ4n) is 2.90. The average Bonchev–Trinajstić information content (AvgIpc) is 2.99. The van der Waals surface area contributed by atoms with Crippen molar-refractivity contribution in [3.05, 3.63) is 42.0 Å². The summed E-state index contributed by atoms with van der Waals surface area (Å²) in [7, 11) is 0. The van der Waals surface area contributed by atoms with Gasteiger partial charge in [0.25, 0.3) is 0 Å². The first kappa shape index (κ1) is 14.5. The van der Waals surface area contributed by atoms with E-state index >= 15 is 0 Å². The summed E-state index contributed by atoms with van der Waals surface area (Å²) >= 11 is 0. The van der Waals surface area contributed by atoms with Crippen LogP contribution in [-0.4, -0.2) is 38.8 Å². The van der Waals surface area contributed by atoms with E-state index in [1.807, 2.05) is 11.0 Å². The van der Waals surface area contributed by atoms with Crippen LogP contribution in [0.1, 0.15) is 18.4 Å². The van der Waals surface area contributed by atoms with E-state index in [1.165, 1.54) is 6.07 Å². The number of anilines is 1. The molecule has 0 bridgehead atoms. The number of piperidine rings is 1. The monoisotopic (exact) mass is 301 g/mol. The smallest absolute Gasteiger partial charge is 0.147 e. The van der Waals surface area contributed by atoms with Crippen molar-refractivity contribution in [1.82, 2.24) is 15.0 Å². The Morgan fingerprint density at radius 3 is 3.00 bits per heavy atom. The third-order valence-corrected chi connectivity index (χ3v) is 3.90. The molecule has 0 radical (unpaired) electrons. The molecular weight excluding hydrogens is 285 g/mol. The third kappa shape index (κ3) is 2.92. The number of nitriles is 1. The molecule has 1 unspecified atom stereocenters. The van der Waals surface area contributed by atoms with Gasteiger partial charge < -0.3 is 10.0 Å². The number of aromatic nitrogens is 3. The van der Waals surface area contributed by atoms with Crippen LogP contribution in [-0.2, 0) is 6.54 Å². The fraction of sp³-hybridized carbons (Fsp3) is 0.400. The van der Waals surface area contributed by atoms with Gasteiger partial charge in [0.05, 0.1) is 30.1 Å². The van der Waals surface area contributed by atoms with Gasteiger partial charge in [0, 0.05) is 19.3 Å². The van der Waals surface area contributed by atoms with Crippen LogP contribution in [0.2, 0.25) is 0 Å². The molecule has 2 heterocycles. The van der Waals surface area contributed by atoms with Gasteiger partial charge in [-0.15, -0.1) is 5.10 Å². The van der Waals surface area contributed by atoms with Gasteiger partial charge in [-0.25, -0.2) is 9.07 Å². The molecule has 0 saturated carbocycles. The number of β-amino-alcohol motifs (C(OH)–C–C–N with tert-alkyl or cyclic N) is 1.